The first-order valence-corrected chi connectivity index (χ1v) is 8.00. The molecule has 0 aliphatic carbocycles. The summed E-state index contributed by atoms with van der Waals surface area (Å²) in [6.45, 7) is 6.71. The van der Waals surface area contributed by atoms with Gasteiger partial charge in [0.15, 0.2) is 0 Å². The molecule has 1 atom stereocenters. The van der Waals surface area contributed by atoms with Gasteiger partial charge in [0.1, 0.15) is 0 Å². The van der Waals surface area contributed by atoms with Crippen LogP contribution < -0.4 is 10.6 Å². The Morgan fingerprint density at radius 3 is 2.48 bits per heavy atom. The SMILES string of the molecule is CC(=O)Nc1ccc(CNC(C)Cc2ccc(C)s2)cc1. The van der Waals surface area contributed by atoms with Gasteiger partial charge in [-0.1, -0.05) is 12.1 Å². The van der Waals surface area contributed by atoms with E-state index in [-0.39, 0.29) is 5.91 Å². The van der Waals surface area contributed by atoms with Crippen LogP contribution in [-0.4, -0.2) is 11.9 Å². The van der Waals surface area contributed by atoms with E-state index in [0.29, 0.717) is 6.04 Å². The van der Waals surface area contributed by atoms with Gasteiger partial charge in [-0.25, -0.2) is 0 Å². The zero-order valence-corrected chi connectivity index (χ0v) is 13.6. The maximum Gasteiger partial charge on any atom is 0.221 e. The Labute approximate surface area is 130 Å². The lowest BCUT2D eigenvalue weighted by Gasteiger charge is -2.13. The Morgan fingerprint density at radius 2 is 1.90 bits per heavy atom. The fraction of sp³-hybridized carbons (Fsp3) is 0.353. The van der Waals surface area contributed by atoms with Crippen LogP contribution in [0.1, 0.15) is 29.2 Å². The number of carbonyl (C=O) groups is 1. The summed E-state index contributed by atoms with van der Waals surface area (Å²) in [6.07, 6.45) is 1.06. The fourth-order valence-electron chi connectivity index (χ4n) is 2.17. The first kappa shape index (κ1) is 15.7. The second-order valence-corrected chi connectivity index (χ2v) is 6.75. The first-order chi connectivity index (χ1) is 10.0. The van der Waals surface area contributed by atoms with E-state index in [9.17, 15) is 4.79 Å². The van der Waals surface area contributed by atoms with Crippen LogP contribution in [0.2, 0.25) is 0 Å². The maximum atomic E-state index is 11.0. The number of anilines is 1. The molecule has 2 N–H and O–H groups in total. The summed E-state index contributed by atoms with van der Waals surface area (Å²) in [5.74, 6) is -0.0410. The van der Waals surface area contributed by atoms with Crippen LogP contribution in [-0.2, 0) is 17.8 Å². The maximum absolute atomic E-state index is 11.0. The van der Waals surface area contributed by atoms with Gasteiger partial charge < -0.3 is 10.6 Å². The molecule has 1 aromatic carbocycles. The van der Waals surface area contributed by atoms with Crippen LogP contribution in [0, 0.1) is 6.92 Å². The third-order valence-electron chi connectivity index (χ3n) is 3.23. The van der Waals surface area contributed by atoms with Crippen LogP contribution in [0.5, 0.6) is 0 Å². The van der Waals surface area contributed by atoms with Crippen molar-refractivity contribution in [2.75, 3.05) is 5.32 Å². The normalized spacial score (nSPS) is 12.1. The Kier molecular flexibility index (Phi) is 5.53. The van der Waals surface area contributed by atoms with Crippen molar-refractivity contribution in [1.82, 2.24) is 5.32 Å². The largest absolute Gasteiger partial charge is 0.326 e. The van der Waals surface area contributed by atoms with Gasteiger partial charge in [0, 0.05) is 35.0 Å². The summed E-state index contributed by atoms with van der Waals surface area (Å²) in [6, 6.07) is 12.8. The van der Waals surface area contributed by atoms with E-state index in [1.54, 1.807) is 0 Å². The van der Waals surface area contributed by atoms with Gasteiger partial charge in [-0.2, -0.15) is 0 Å². The molecule has 2 aromatic rings. The average Bonchev–Trinajstić information content (AvgIpc) is 2.83. The first-order valence-electron chi connectivity index (χ1n) is 7.18. The molecule has 112 valence electrons. The lowest BCUT2D eigenvalue weighted by atomic mass is 10.1. The molecule has 0 bridgehead atoms. The molecule has 3 nitrogen and oxygen atoms in total. The number of benzene rings is 1. The molecular formula is C17H22N2OS. The minimum Gasteiger partial charge on any atom is -0.326 e. The van der Waals surface area contributed by atoms with E-state index in [2.05, 4.69) is 36.6 Å². The molecule has 0 spiro atoms. The predicted octanol–water partition coefficient (Wildman–Crippen LogP) is 3.74. The quantitative estimate of drug-likeness (QED) is 0.853. The monoisotopic (exact) mass is 302 g/mol. The van der Waals surface area contributed by atoms with E-state index in [0.717, 1.165) is 18.7 Å². The molecule has 1 aromatic heterocycles. The highest BCUT2D eigenvalue weighted by Gasteiger charge is 2.05. The van der Waals surface area contributed by atoms with E-state index in [4.69, 9.17) is 0 Å². The third kappa shape index (κ3) is 5.33. The Bertz CT molecular complexity index is 589. The van der Waals surface area contributed by atoms with Crippen molar-refractivity contribution < 1.29 is 4.79 Å². The molecule has 21 heavy (non-hydrogen) atoms. The van der Waals surface area contributed by atoms with Crippen molar-refractivity contribution >= 4 is 22.9 Å². The smallest absolute Gasteiger partial charge is 0.221 e. The number of rotatable bonds is 6. The van der Waals surface area contributed by atoms with E-state index >= 15 is 0 Å². The molecular weight excluding hydrogens is 280 g/mol. The van der Waals surface area contributed by atoms with Gasteiger partial charge >= 0.3 is 0 Å². The number of thiophene rings is 1. The zero-order chi connectivity index (χ0) is 15.2. The second-order valence-electron chi connectivity index (χ2n) is 5.38. The predicted molar refractivity (Wildman–Crippen MR) is 89.8 cm³/mol. The van der Waals surface area contributed by atoms with E-state index in [1.165, 1.54) is 22.2 Å². The van der Waals surface area contributed by atoms with Crippen molar-refractivity contribution in [3.05, 3.63) is 51.7 Å². The molecule has 0 saturated heterocycles. The van der Waals surface area contributed by atoms with Gasteiger partial charge in [-0.3, -0.25) is 4.79 Å². The number of hydrogen-bond acceptors (Lipinski definition) is 3. The molecule has 1 heterocycles. The fourth-order valence-corrected chi connectivity index (χ4v) is 3.19. The van der Waals surface area contributed by atoms with Crippen molar-refractivity contribution in [2.45, 2.75) is 39.8 Å². The molecule has 0 aliphatic heterocycles. The van der Waals surface area contributed by atoms with Crippen LogP contribution in [0.4, 0.5) is 5.69 Å². The van der Waals surface area contributed by atoms with Gasteiger partial charge in [0.25, 0.3) is 0 Å². The van der Waals surface area contributed by atoms with Crippen LogP contribution >= 0.6 is 11.3 Å². The van der Waals surface area contributed by atoms with Crippen LogP contribution in [0.25, 0.3) is 0 Å². The summed E-state index contributed by atoms with van der Waals surface area (Å²) in [4.78, 5) is 13.8. The highest BCUT2D eigenvalue weighted by Crippen LogP contribution is 2.17. The second kappa shape index (κ2) is 7.38. The molecule has 1 unspecified atom stereocenters. The van der Waals surface area contributed by atoms with Crippen molar-refractivity contribution in [3.63, 3.8) is 0 Å². The summed E-state index contributed by atoms with van der Waals surface area (Å²) >= 11 is 1.87. The Morgan fingerprint density at radius 1 is 1.19 bits per heavy atom. The molecule has 0 saturated carbocycles. The third-order valence-corrected chi connectivity index (χ3v) is 4.26. The number of carbonyl (C=O) groups excluding carboxylic acids is 1. The van der Waals surface area contributed by atoms with Gasteiger partial charge in [-0.15, -0.1) is 11.3 Å². The van der Waals surface area contributed by atoms with Crippen molar-refractivity contribution in [2.24, 2.45) is 0 Å². The standard InChI is InChI=1S/C17H22N2OS/c1-12(10-17-9-4-13(2)21-17)18-11-15-5-7-16(8-6-15)19-14(3)20/h4-9,12,18H,10-11H2,1-3H3,(H,19,20). The molecule has 4 heteroatoms. The molecule has 1 amide bonds. The topological polar surface area (TPSA) is 41.1 Å². The minimum atomic E-state index is -0.0410. The summed E-state index contributed by atoms with van der Waals surface area (Å²) < 4.78 is 0. The number of nitrogens with one attached hydrogen (secondary N) is 2. The number of hydrogen-bond donors (Lipinski definition) is 2. The summed E-state index contributed by atoms with van der Waals surface area (Å²) in [7, 11) is 0. The molecule has 0 aliphatic rings. The van der Waals surface area contributed by atoms with E-state index < -0.39 is 0 Å². The number of amides is 1. The Balaban J connectivity index is 1.80. The van der Waals surface area contributed by atoms with Gasteiger partial charge in [0.05, 0.1) is 0 Å². The van der Waals surface area contributed by atoms with Gasteiger partial charge in [-0.05, 0) is 50.1 Å². The van der Waals surface area contributed by atoms with E-state index in [1.807, 2.05) is 35.6 Å². The van der Waals surface area contributed by atoms with Crippen molar-refractivity contribution in [3.8, 4) is 0 Å². The molecule has 0 fully saturated rings. The highest BCUT2D eigenvalue weighted by molar-refractivity contribution is 7.11. The number of aryl methyl sites for hydroxylation is 1. The lowest BCUT2D eigenvalue weighted by molar-refractivity contribution is -0.114. The lowest BCUT2D eigenvalue weighted by Crippen LogP contribution is -2.27. The zero-order valence-electron chi connectivity index (χ0n) is 12.8. The minimum absolute atomic E-state index is 0.0410. The average molecular weight is 302 g/mol. The molecule has 0 radical (unpaired) electrons. The van der Waals surface area contributed by atoms with Crippen LogP contribution in [0.3, 0.4) is 0 Å². The molecule has 2 rings (SSSR count). The highest BCUT2D eigenvalue weighted by atomic mass is 32.1. The Hall–Kier alpha value is -1.65. The van der Waals surface area contributed by atoms with Crippen LogP contribution in [0.15, 0.2) is 36.4 Å². The van der Waals surface area contributed by atoms with Gasteiger partial charge in [0.2, 0.25) is 5.91 Å². The van der Waals surface area contributed by atoms with Crippen molar-refractivity contribution in [1.29, 1.82) is 0 Å². The summed E-state index contributed by atoms with van der Waals surface area (Å²) in [5, 5.41) is 6.31. The summed E-state index contributed by atoms with van der Waals surface area (Å²) in [5.41, 5.74) is 2.06.